The van der Waals surface area contributed by atoms with E-state index in [2.05, 4.69) is 10.3 Å². The fraction of sp³-hybridized carbons (Fsp3) is 0.400. The Morgan fingerprint density at radius 1 is 1.30 bits per heavy atom. The Balaban J connectivity index is 1.90. The summed E-state index contributed by atoms with van der Waals surface area (Å²) in [6.45, 7) is 3.02. The molecule has 0 saturated carbocycles. The van der Waals surface area contributed by atoms with Crippen molar-refractivity contribution in [1.29, 1.82) is 0 Å². The molecule has 1 saturated heterocycles. The molecule has 0 bridgehead atoms. The molecule has 23 heavy (non-hydrogen) atoms. The largest absolute Gasteiger partial charge is 0.439 e. The number of benzene rings is 1. The van der Waals surface area contributed by atoms with Crippen molar-refractivity contribution in [1.82, 2.24) is 5.32 Å². The summed E-state index contributed by atoms with van der Waals surface area (Å²) in [6, 6.07) is 5.62. The van der Waals surface area contributed by atoms with Crippen LogP contribution in [0.1, 0.15) is 5.56 Å². The lowest BCUT2D eigenvalue weighted by Crippen LogP contribution is -2.71. The Kier molecular flexibility index (Phi) is 2.78. The van der Waals surface area contributed by atoms with Crippen molar-refractivity contribution in [3.05, 3.63) is 23.8 Å². The highest BCUT2D eigenvalue weighted by Crippen LogP contribution is 2.44. The molecule has 0 radical (unpaired) electrons. The lowest BCUT2D eigenvalue weighted by Gasteiger charge is -2.48. The number of esters is 2. The molecule has 0 spiro atoms. The number of aliphatic imine (C=N–C) groups is 1. The van der Waals surface area contributed by atoms with Crippen LogP contribution < -0.4 is 15.0 Å². The van der Waals surface area contributed by atoms with Gasteiger partial charge in [0, 0.05) is 13.6 Å². The molecule has 1 aromatic carbocycles. The number of para-hydroxylation sites is 1. The van der Waals surface area contributed by atoms with E-state index in [1.165, 1.54) is 0 Å². The van der Waals surface area contributed by atoms with Crippen LogP contribution >= 0.6 is 0 Å². The van der Waals surface area contributed by atoms with Crippen LogP contribution in [-0.4, -0.2) is 49.9 Å². The maximum Gasteiger partial charge on any atom is 0.421 e. The molecule has 3 aliphatic heterocycles. The average Bonchev–Trinajstić information content (AvgIpc) is 3.06. The number of ether oxygens (including phenoxy) is 3. The van der Waals surface area contributed by atoms with E-state index in [0.29, 0.717) is 24.7 Å². The van der Waals surface area contributed by atoms with E-state index < -0.39 is 24.0 Å². The van der Waals surface area contributed by atoms with E-state index in [9.17, 15) is 9.59 Å². The molecular weight excluding hydrogens is 302 g/mol. The summed E-state index contributed by atoms with van der Waals surface area (Å²) in [5, 5.41) is 3.05. The third kappa shape index (κ3) is 1.81. The number of aryl methyl sites for hydroxylation is 1. The van der Waals surface area contributed by atoms with Crippen LogP contribution in [0.25, 0.3) is 0 Å². The van der Waals surface area contributed by atoms with Gasteiger partial charge >= 0.3 is 17.7 Å². The lowest BCUT2D eigenvalue weighted by atomic mass is 10.1. The summed E-state index contributed by atoms with van der Waals surface area (Å²) >= 11 is 0. The van der Waals surface area contributed by atoms with Crippen LogP contribution in [0.5, 0.6) is 5.75 Å². The quantitative estimate of drug-likeness (QED) is 0.573. The molecule has 2 unspecified atom stereocenters. The summed E-state index contributed by atoms with van der Waals surface area (Å²) in [6.07, 6.45) is -0.952. The van der Waals surface area contributed by atoms with Crippen molar-refractivity contribution in [3.8, 4) is 5.75 Å². The number of hydrogen-bond acceptors (Lipinski definition) is 8. The standard InChI is InChI=1S/C15H15N3O5/c1-8-4-3-5-9-10(8)22-15(13-16-6-7-17-13)14(18(9)2)21-11(19)12(20)23-15/h3-5,14H,6-7H2,1-2H3,(H,16,17). The predicted octanol–water partition coefficient (Wildman–Crippen LogP) is -0.0523. The maximum absolute atomic E-state index is 11.8. The van der Waals surface area contributed by atoms with Gasteiger partial charge in [-0.15, -0.1) is 0 Å². The number of anilines is 1. The zero-order valence-electron chi connectivity index (χ0n) is 12.7. The molecule has 3 aliphatic rings. The van der Waals surface area contributed by atoms with Gasteiger partial charge in [0.05, 0.1) is 12.2 Å². The third-order valence-electron chi connectivity index (χ3n) is 4.14. The summed E-state index contributed by atoms with van der Waals surface area (Å²) in [7, 11) is 1.75. The first-order valence-corrected chi connectivity index (χ1v) is 7.27. The van der Waals surface area contributed by atoms with E-state index >= 15 is 0 Å². The second-order valence-electron chi connectivity index (χ2n) is 5.61. The van der Waals surface area contributed by atoms with E-state index in [0.717, 1.165) is 11.3 Å². The maximum atomic E-state index is 11.8. The zero-order valence-corrected chi connectivity index (χ0v) is 12.7. The number of rotatable bonds is 1. The van der Waals surface area contributed by atoms with Crippen molar-refractivity contribution in [3.63, 3.8) is 0 Å². The van der Waals surface area contributed by atoms with Crippen LogP contribution in [0.2, 0.25) is 0 Å². The number of likely N-dealkylation sites (N-methyl/N-ethyl adjacent to an activating group) is 1. The van der Waals surface area contributed by atoms with Crippen LogP contribution in [0.3, 0.4) is 0 Å². The van der Waals surface area contributed by atoms with E-state index in [1.807, 2.05) is 25.1 Å². The van der Waals surface area contributed by atoms with Crippen molar-refractivity contribution >= 4 is 23.5 Å². The highest BCUT2D eigenvalue weighted by atomic mass is 16.8. The number of carbonyl (C=O) groups is 2. The Morgan fingerprint density at radius 2 is 2.13 bits per heavy atom. The molecule has 8 nitrogen and oxygen atoms in total. The highest BCUT2D eigenvalue weighted by Gasteiger charge is 2.62. The van der Waals surface area contributed by atoms with Crippen molar-refractivity contribution in [2.75, 3.05) is 25.0 Å². The highest BCUT2D eigenvalue weighted by molar-refractivity contribution is 6.31. The molecule has 120 valence electrons. The van der Waals surface area contributed by atoms with E-state index in [-0.39, 0.29) is 0 Å². The molecule has 1 aromatic rings. The number of nitrogens with one attached hydrogen (secondary N) is 1. The van der Waals surface area contributed by atoms with Gasteiger partial charge in [-0.1, -0.05) is 12.1 Å². The minimum absolute atomic E-state index is 0.351. The Bertz CT molecular complexity index is 747. The Morgan fingerprint density at radius 3 is 2.87 bits per heavy atom. The topological polar surface area (TPSA) is 89.5 Å². The molecule has 3 heterocycles. The number of hydrogen-bond donors (Lipinski definition) is 1. The van der Waals surface area contributed by atoms with E-state index in [4.69, 9.17) is 14.2 Å². The van der Waals surface area contributed by atoms with E-state index in [1.54, 1.807) is 11.9 Å². The molecule has 2 atom stereocenters. The third-order valence-corrected chi connectivity index (χ3v) is 4.14. The van der Waals surface area contributed by atoms with Crippen molar-refractivity contribution < 1.29 is 23.8 Å². The lowest BCUT2D eigenvalue weighted by molar-refractivity contribution is -0.240. The second kappa shape index (κ2) is 4.61. The molecule has 1 fully saturated rings. The predicted molar refractivity (Wildman–Crippen MR) is 79.2 cm³/mol. The molecule has 4 rings (SSSR count). The van der Waals surface area contributed by atoms with Gasteiger partial charge in [-0.3, -0.25) is 4.99 Å². The Labute approximate surface area is 132 Å². The van der Waals surface area contributed by atoms with Crippen molar-refractivity contribution in [2.45, 2.75) is 18.9 Å². The summed E-state index contributed by atoms with van der Waals surface area (Å²) in [5.41, 5.74) is 1.62. The smallest absolute Gasteiger partial charge is 0.421 e. The van der Waals surface area contributed by atoms with Gasteiger partial charge in [0.15, 0.2) is 11.6 Å². The average molecular weight is 317 g/mol. The number of fused-ring (bicyclic) bond motifs is 2. The van der Waals surface area contributed by atoms with Gasteiger partial charge in [-0.25, -0.2) is 9.59 Å². The molecule has 8 heteroatoms. The Hall–Kier alpha value is -2.77. The minimum atomic E-state index is -1.62. The fourth-order valence-corrected chi connectivity index (χ4v) is 3.03. The zero-order chi connectivity index (χ0) is 16.2. The van der Waals surface area contributed by atoms with Crippen molar-refractivity contribution in [2.24, 2.45) is 4.99 Å². The summed E-state index contributed by atoms with van der Waals surface area (Å²) in [5.74, 6) is -2.84. The number of carbonyl (C=O) groups excluding carboxylic acids is 2. The van der Waals surface area contributed by atoms with Gasteiger partial charge in [0.25, 0.3) is 6.23 Å². The van der Waals surface area contributed by atoms with Gasteiger partial charge in [-0.2, -0.15) is 0 Å². The van der Waals surface area contributed by atoms with Crippen LogP contribution in [0.4, 0.5) is 5.69 Å². The first-order valence-electron chi connectivity index (χ1n) is 7.27. The molecule has 0 amide bonds. The first kappa shape index (κ1) is 13.9. The monoisotopic (exact) mass is 317 g/mol. The van der Waals surface area contributed by atoms with Crippen LogP contribution in [-0.2, 0) is 19.1 Å². The molecule has 0 aromatic heterocycles. The summed E-state index contributed by atoms with van der Waals surface area (Å²) in [4.78, 5) is 29.6. The van der Waals surface area contributed by atoms with Crippen LogP contribution in [0.15, 0.2) is 23.2 Å². The number of nitrogens with zero attached hydrogens (tertiary/aromatic N) is 2. The molecule has 1 N–H and O–H groups in total. The van der Waals surface area contributed by atoms with Gasteiger partial charge < -0.3 is 24.4 Å². The van der Waals surface area contributed by atoms with Gasteiger partial charge in [0.1, 0.15) is 0 Å². The molecular formula is C15H15N3O5. The fourth-order valence-electron chi connectivity index (χ4n) is 3.03. The summed E-state index contributed by atoms with van der Waals surface area (Å²) < 4.78 is 16.8. The second-order valence-corrected chi connectivity index (χ2v) is 5.61. The SMILES string of the molecule is Cc1cccc2c1OC1(C3=NCCN3)OC(=O)C(=O)OC1N2C. The van der Waals surface area contributed by atoms with Gasteiger partial charge in [0.2, 0.25) is 0 Å². The first-order chi connectivity index (χ1) is 11.0. The minimum Gasteiger partial charge on any atom is -0.439 e. The van der Waals surface area contributed by atoms with Gasteiger partial charge in [-0.05, 0) is 18.6 Å². The number of amidine groups is 1. The van der Waals surface area contributed by atoms with Crippen LogP contribution in [0, 0.1) is 6.92 Å². The normalized spacial score (nSPS) is 28.7. The molecule has 0 aliphatic carbocycles.